The summed E-state index contributed by atoms with van der Waals surface area (Å²) in [6.45, 7) is 1.79. The van der Waals surface area contributed by atoms with Gasteiger partial charge in [0.1, 0.15) is 11.6 Å². The number of aromatic nitrogens is 1. The standard InChI is InChI=1S/C28H17ClF5N3O2/c1-13-12-35-5-4-19(13)14-8-21-24(25(37-27(21)39)20-11-17(30)2-3-22(20)29)23(9-14)36-26(38)15-6-16(28(32,33)34)10-18(31)7-15/h2-12,25H,1H3,(H,36,38)(H,37,39)/t25-/m0/s1. The van der Waals surface area contributed by atoms with E-state index in [1.807, 2.05) is 0 Å². The molecule has 11 heteroatoms. The predicted molar refractivity (Wildman–Crippen MR) is 134 cm³/mol. The summed E-state index contributed by atoms with van der Waals surface area (Å²) in [6, 6.07) is 8.90. The van der Waals surface area contributed by atoms with Crippen molar-refractivity contribution < 1.29 is 31.5 Å². The zero-order valence-corrected chi connectivity index (χ0v) is 20.7. The maximum Gasteiger partial charge on any atom is 0.416 e. The number of halogens is 6. The first-order valence-corrected chi connectivity index (χ1v) is 11.8. The number of fused-ring (bicyclic) bond motifs is 1. The number of carbonyl (C=O) groups excluding carboxylic acids is 2. The van der Waals surface area contributed by atoms with Gasteiger partial charge in [-0.05, 0) is 78.2 Å². The number of rotatable bonds is 4. The molecule has 5 nitrogen and oxygen atoms in total. The summed E-state index contributed by atoms with van der Waals surface area (Å²) in [5.41, 5.74) is 0.622. The van der Waals surface area contributed by atoms with Crippen LogP contribution in [0, 0.1) is 18.6 Å². The molecule has 0 bridgehead atoms. The van der Waals surface area contributed by atoms with Gasteiger partial charge in [0.15, 0.2) is 0 Å². The molecule has 2 heterocycles. The molecule has 0 unspecified atom stereocenters. The number of alkyl halides is 3. The Bertz CT molecular complexity index is 1660. The largest absolute Gasteiger partial charge is 0.416 e. The molecule has 5 rings (SSSR count). The third kappa shape index (κ3) is 5.07. The number of nitrogens with one attached hydrogen (secondary N) is 2. The van der Waals surface area contributed by atoms with Gasteiger partial charge < -0.3 is 10.6 Å². The van der Waals surface area contributed by atoms with Gasteiger partial charge in [0, 0.05) is 45.4 Å². The number of pyridine rings is 1. The van der Waals surface area contributed by atoms with E-state index in [0.29, 0.717) is 23.3 Å². The highest BCUT2D eigenvalue weighted by Crippen LogP contribution is 2.42. The molecule has 39 heavy (non-hydrogen) atoms. The quantitative estimate of drug-likeness (QED) is 0.263. The second-order valence-corrected chi connectivity index (χ2v) is 9.34. The van der Waals surface area contributed by atoms with Crippen LogP contribution in [-0.4, -0.2) is 16.8 Å². The van der Waals surface area contributed by atoms with Crippen LogP contribution in [0.15, 0.2) is 67.0 Å². The van der Waals surface area contributed by atoms with Crippen LogP contribution in [-0.2, 0) is 6.18 Å². The summed E-state index contributed by atoms with van der Waals surface area (Å²) in [5.74, 6) is -3.45. The Labute approximate surface area is 223 Å². The minimum Gasteiger partial charge on any atom is -0.341 e. The fourth-order valence-corrected chi connectivity index (χ4v) is 4.76. The van der Waals surface area contributed by atoms with E-state index in [9.17, 15) is 31.5 Å². The Morgan fingerprint density at radius 2 is 1.77 bits per heavy atom. The minimum absolute atomic E-state index is 0.0465. The van der Waals surface area contributed by atoms with Gasteiger partial charge in [-0.15, -0.1) is 0 Å². The highest BCUT2D eigenvalue weighted by Gasteiger charge is 2.36. The molecule has 3 aromatic carbocycles. The molecule has 198 valence electrons. The Morgan fingerprint density at radius 3 is 2.49 bits per heavy atom. The summed E-state index contributed by atoms with van der Waals surface area (Å²) >= 11 is 6.31. The van der Waals surface area contributed by atoms with Crippen LogP contribution < -0.4 is 10.6 Å². The molecule has 1 aromatic heterocycles. The smallest absolute Gasteiger partial charge is 0.341 e. The maximum absolute atomic E-state index is 14.1. The van der Waals surface area contributed by atoms with Crippen molar-refractivity contribution in [3.05, 3.63) is 117 Å². The molecule has 4 aromatic rings. The Hall–Kier alpha value is -4.31. The molecular formula is C28H17ClF5N3O2. The van der Waals surface area contributed by atoms with Crippen LogP contribution in [0.5, 0.6) is 0 Å². The van der Waals surface area contributed by atoms with E-state index in [4.69, 9.17) is 11.6 Å². The Morgan fingerprint density at radius 1 is 1.00 bits per heavy atom. The predicted octanol–water partition coefficient (Wildman–Crippen LogP) is 7.09. The number of hydrogen-bond donors (Lipinski definition) is 2. The Kier molecular flexibility index (Phi) is 6.59. The number of amides is 2. The number of nitrogens with zero attached hydrogens (tertiary/aromatic N) is 1. The number of hydrogen-bond acceptors (Lipinski definition) is 3. The molecule has 1 atom stereocenters. The molecule has 0 saturated heterocycles. The lowest BCUT2D eigenvalue weighted by Crippen LogP contribution is -2.21. The van der Waals surface area contributed by atoms with Gasteiger partial charge in [-0.1, -0.05) is 11.6 Å². The van der Waals surface area contributed by atoms with E-state index in [1.165, 1.54) is 18.3 Å². The van der Waals surface area contributed by atoms with Gasteiger partial charge in [0.2, 0.25) is 0 Å². The SMILES string of the molecule is Cc1cnccc1-c1cc(NC(=O)c2cc(F)cc(C(F)(F)F)c2)c2c(c1)C(=O)N[C@H]2c1cc(F)ccc1Cl. The minimum atomic E-state index is -4.88. The number of carbonyl (C=O) groups is 2. The van der Waals surface area contributed by atoms with E-state index >= 15 is 0 Å². The van der Waals surface area contributed by atoms with E-state index < -0.39 is 46.8 Å². The molecule has 0 saturated carbocycles. The highest BCUT2D eigenvalue weighted by atomic mass is 35.5. The lowest BCUT2D eigenvalue weighted by molar-refractivity contribution is -0.137. The average Bonchev–Trinajstić information content (AvgIpc) is 3.21. The van der Waals surface area contributed by atoms with Crippen molar-refractivity contribution in [3.63, 3.8) is 0 Å². The van der Waals surface area contributed by atoms with Crippen LogP contribution >= 0.6 is 11.6 Å². The second kappa shape index (κ2) is 9.77. The van der Waals surface area contributed by atoms with Crippen molar-refractivity contribution in [1.82, 2.24) is 10.3 Å². The van der Waals surface area contributed by atoms with Crippen LogP contribution in [0.3, 0.4) is 0 Å². The summed E-state index contributed by atoms with van der Waals surface area (Å²) in [6.07, 6.45) is -1.75. The first kappa shape index (κ1) is 26.3. The third-order valence-corrected chi connectivity index (χ3v) is 6.67. The summed E-state index contributed by atoms with van der Waals surface area (Å²) in [4.78, 5) is 30.3. The van der Waals surface area contributed by atoms with Crippen molar-refractivity contribution in [1.29, 1.82) is 0 Å². The van der Waals surface area contributed by atoms with Crippen molar-refractivity contribution in [2.45, 2.75) is 19.1 Å². The van der Waals surface area contributed by atoms with Gasteiger partial charge in [-0.2, -0.15) is 13.2 Å². The van der Waals surface area contributed by atoms with Gasteiger partial charge in [0.05, 0.1) is 11.6 Å². The summed E-state index contributed by atoms with van der Waals surface area (Å²) < 4.78 is 67.9. The maximum atomic E-state index is 14.1. The third-order valence-electron chi connectivity index (χ3n) is 6.32. The van der Waals surface area contributed by atoms with Crippen LogP contribution in [0.2, 0.25) is 5.02 Å². The highest BCUT2D eigenvalue weighted by molar-refractivity contribution is 6.31. The van der Waals surface area contributed by atoms with E-state index in [1.54, 1.807) is 25.3 Å². The number of aryl methyl sites for hydroxylation is 1. The monoisotopic (exact) mass is 557 g/mol. The lowest BCUT2D eigenvalue weighted by Gasteiger charge is -2.19. The van der Waals surface area contributed by atoms with Gasteiger partial charge in [-0.3, -0.25) is 14.6 Å². The lowest BCUT2D eigenvalue weighted by atomic mass is 9.92. The molecule has 0 radical (unpaired) electrons. The van der Waals surface area contributed by atoms with Crippen molar-refractivity contribution in [2.75, 3.05) is 5.32 Å². The molecular weight excluding hydrogens is 541 g/mol. The molecule has 0 fully saturated rings. The van der Waals surface area contributed by atoms with Crippen LogP contribution in [0.4, 0.5) is 27.6 Å². The first-order chi connectivity index (χ1) is 18.4. The fraction of sp³-hybridized carbons (Fsp3) is 0.107. The van der Waals surface area contributed by atoms with E-state index in [-0.39, 0.29) is 33.5 Å². The number of anilines is 1. The molecule has 2 N–H and O–H groups in total. The zero-order valence-electron chi connectivity index (χ0n) is 20.0. The Balaban J connectivity index is 1.68. The van der Waals surface area contributed by atoms with E-state index in [2.05, 4.69) is 15.6 Å². The first-order valence-electron chi connectivity index (χ1n) is 11.5. The van der Waals surface area contributed by atoms with E-state index in [0.717, 1.165) is 17.7 Å². The molecule has 2 amide bonds. The molecule has 0 aliphatic carbocycles. The van der Waals surface area contributed by atoms with Crippen molar-refractivity contribution >= 4 is 29.1 Å². The fourth-order valence-electron chi connectivity index (χ4n) is 4.54. The molecule has 1 aliphatic heterocycles. The molecule has 0 spiro atoms. The van der Waals surface area contributed by atoms with Crippen LogP contribution in [0.25, 0.3) is 11.1 Å². The topological polar surface area (TPSA) is 71.1 Å². The zero-order chi connectivity index (χ0) is 28.1. The van der Waals surface area contributed by atoms with Gasteiger partial charge in [-0.25, -0.2) is 8.78 Å². The van der Waals surface area contributed by atoms with Gasteiger partial charge >= 0.3 is 6.18 Å². The average molecular weight is 558 g/mol. The second-order valence-electron chi connectivity index (χ2n) is 8.93. The van der Waals surface area contributed by atoms with Crippen molar-refractivity contribution in [3.8, 4) is 11.1 Å². The normalized spacial score (nSPS) is 14.6. The number of benzene rings is 3. The van der Waals surface area contributed by atoms with Gasteiger partial charge in [0.25, 0.3) is 11.8 Å². The van der Waals surface area contributed by atoms with Crippen LogP contribution in [0.1, 0.15) is 49.0 Å². The molecule has 1 aliphatic rings. The summed E-state index contributed by atoms with van der Waals surface area (Å²) in [5, 5.41) is 5.40. The van der Waals surface area contributed by atoms with Crippen molar-refractivity contribution in [2.24, 2.45) is 0 Å². The summed E-state index contributed by atoms with van der Waals surface area (Å²) in [7, 11) is 0.